The van der Waals surface area contributed by atoms with Crippen LogP contribution in [-0.2, 0) is 16.5 Å². The molecule has 2 atom stereocenters. The molecular formula is C19H20F4N2O3S. The van der Waals surface area contributed by atoms with Gasteiger partial charge in [0.1, 0.15) is 28.5 Å². The predicted molar refractivity (Wildman–Crippen MR) is 99.2 cm³/mol. The van der Waals surface area contributed by atoms with E-state index in [1.807, 2.05) is 0 Å². The Balaban J connectivity index is 2.14. The summed E-state index contributed by atoms with van der Waals surface area (Å²) >= 11 is 0. The Morgan fingerprint density at radius 2 is 1.97 bits per heavy atom. The van der Waals surface area contributed by atoms with E-state index in [0.29, 0.717) is 17.5 Å². The number of pyridine rings is 1. The van der Waals surface area contributed by atoms with Crippen molar-refractivity contribution in [1.82, 2.24) is 9.71 Å². The van der Waals surface area contributed by atoms with Crippen molar-refractivity contribution in [2.24, 2.45) is 0 Å². The summed E-state index contributed by atoms with van der Waals surface area (Å²) in [5.74, 6) is -1.24. The van der Waals surface area contributed by atoms with Crippen molar-refractivity contribution in [3.8, 4) is 11.5 Å². The van der Waals surface area contributed by atoms with Gasteiger partial charge in [-0.05, 0) is 39.0 Å². The van der Waals surface area contributed by atoms with Gasteiger partial charge in [-0.25, -0.2) is 13.3 Å². The van der Waals surface area contributed by atoms with E-state index < -0.39 is 39.2 Å². The highest BCUT2D eigenvalue weighted by molar-refractivity contribution is 7.84. The molecule has 0 aliphatic carbocycles. The zero-order valence-electron chi connectivity index (χ0n) is 16.0. The Morgan fingerprint density at radius 3 is 2.59 bits per heavy atom. The molecule has 0 radical (unpaired) electrons. The number of hydrogen-bond donors (Lipinski definition) is 1. The van der Waals surface area contributed by atoms with Crippen LogP contribution >= 0.6 is 0 Å². The summed E-state index contributed by atoms with van der Waals surface area (Å²) < 4.78 is 77.1. The minimum absolute atomic E-state index is 0.00729. The van der Waals surface area contributed by atoms with E-state index in [1.54, 1.807) is 32.9 Å². The second-order valence-corrected chi connectivity index (χ2v) is 9.49. The van der Waals surface area contributed by atoms with E-state index in [1.165, 1.54) is 12.3 Å². The van der Waals surface area contributed by atoms with Crippen molar-refractivity contribution in [1.29, 1.82) is 0 Å². The fourth-order valence-electron chi connectivity index (χ4n) is 3.03. The van der Waals surface area contributed by atoms with Gasteiger partial charge in [0, 0.05) is 24.2 Å². The highest BCUT2D eigenvalue weighted by Crippen LogP contribution is 2.43. The van der Waals surface area contributed by atoms with E-state index in [9.17, 15) is 17.4 Å². The van der Waals surface area contributed by atoms with Crippen molar-refractivity contribution in [3.05, 3.63) is 53.6 Å². The number of aromatic nitrogens is 1. The van der Waals surface area contributed by atoms with Crippen LogP contribution in [0.2, 0.25) is 0 Å². The van der Waals surface area contributed by atoms with Crippen molar-refractivity contribution >= 4 is 11.0 Å². The smallest absolute Gasteiger partial charge is 0.491 e. The molecular weight excluding hydrogens is 412 g/mol. The van der Waals surface area contributed by atoms with Gasteiger partial charge in [0.15, 0.2) is 0 Å². The molecule has 3 rings (SSSR count). The maximum absolute atomic E-state index is 15.0. The molecule has 1 N–H and O–H groups in total. The maximum atomic E-state index is 15.0. The molecule has 5 nitrogen and oxygen atoms in total. The first-order chi connectivity index (χ1) is 13.4. The molecule has 0 fully saturated rings. The molecule has 2 heterocycles. The molecule has 0 bridgehead atoms. The van der Waals surface area contributed by atoms with Gasteiger partial charge < -0.3 is 9.47 Å². The van der Waals surface area contributed by atoms with Crippen LogP contribution in [0.3, 0.4) is 0 Å². The second-order valence-electron chi connectivity index (χ2n) is 7.53. The Labute approximate surface area is 168 Å². The average molecular weight is 432 g/mol. The minimum Gasteiger partial charge on any atom is -0.491 e. The molecule has 0 amide bonds. The summed E-state index contributed by atoms with van der Waals surface area (Å²) in [6.45, 7) is 5.42. The van der Waals surface area contributed by atoms with Gasteiger partial charge in [-0.3, -0.25) is 4.98 Å². The number of alkyl halides is 3. The molecule has 1 aromatic heterocycles. The van der Waals surface area contributed by atoms with E-state index >= 15 is 4.39 Å². The Hall–Kier alpha value is -2.20. The quantitative estimate of drug-likeness (QED) is 0.736. The summed E-state index contributed by atoms with van der Waals surface area (Å²) in [6, 6.07) is 6.16. The number of nitrogens with zero attached hydrogens (tertiary/aromatic N) is 1. The van der Waals surface area contributed by atoms with Gasteiger partial charge in [0.2, 0.25) is 0 Å². The molecule has 1 aromatic carbocycles. The average Bonchev–Trinajstić information content (AvgIpc) is 2.60. The van der Waals surface area contributed by atoms with Crippen LogP contribution in [0.25, 0.3) is 0 Å². The van der Waals surface area contributed by atoms with Crippen molar-refractivity contribution in [2.75, 3.05) is 6.61 Å². The lowest BCUT2D eigenvalue weighted by Crippen LogP contribution is -2.52. The first kappa shape index (κ1) is 21.5. The van der Waals surface area contributed by atoms with Gasteiger partial charge in [0.05, 0.1) is 22.3 Å². The molecule has 1 aliphatic rings. The maximum Gasteiger partial charge on any atom is 0.573 e. The molecule has 10 heteroatoms. The number of rotatable bonds is 4. The van der Waals surface area contributed by atoms with Crippen LogP contribution in [0.15, 0.2) is 36.5 Å². The van der Waals surface area contributed by atoms with E-state index in [4.69, 9.17) is 4.74 Å². The number of benzene rings is 1. The topological polar surface area (TPSA) is 60.5 Å². The summed E-state index contributed by atoms with van der Waals surface area (Å²) in [7, 11) is -1.63. The third-order valence-electron chi connectivity index (χ3n) is 4.37. The van der Waals surface area contributed by atoms with Gasteiger partial charge >= 0.3 is 6.36 Å². The number of halogens is 4. The highest BCUT2D eigenvalue weighted by Gasteiger charge is 2.45. The highest BCUT2D eigenvalue weighted by atomic mass is 32.2. The molecule has 0 saturated carbocycles. The second kappa shape index (κ2) is 7.56. The number of ether oxygens (including phenoxy) is 2. The monoisotopic (exact) mass is 432 g/mol. The summed E-state index contributed by atoms with van der Waals surface area (Å²) in [5.41, 5.74) is -1.03. The standard InChI is InChI=1S/C19H20F4N2O3S/c1-17(2,3)29(26)25-18(8-10-27-15-5-4-9-24-16(15)18)13-7-6-12(11-14(13)20)28-19(21,22)23/h4-7,9,11,25H,8,10H2,1-3H3/t18-,29-/m0/s1. The normalized spacial score (nSPS) is 20.5. The Morgan fingerprint density at radius 1 is 1.24 bits per heavy atom. The van der Waals surface area contributed by atoms with Crippen LogP contribution in [-0.4, -0.2) is 26.9 Å². The van der Waals surface area contributed by atoms with Crippen LogP contribution in [0, 0.1) is 5.82 Å². The molecule has 29 heavy (non-hydrogen) atoms. The van der Waals surface area contributed by atoms with Gasteiger partial charge in [0.25, 0.3) is 0 Å². The summed E-state index contributed by atoms with van der Waals surface area (Å²) in [4.78, 5) is 4.31. The minimum atomic E-state index is -4.94. The van der Waals surface area contributed by atoms with Gasteiger partial charge in [-0.1, -0.05) is 6.07 Å². The lowest BCUT2D eigenvalue weighted by atomic mass is 9.82. The number of hydrogen-bond acceptors (Lipinski definition) is 4. The number of nitrogens with one attached hydrogen (secondary N) is 1. The van der Waals surface area contributed by atoms with Crippen LogP contribution < -0.4 is 14.2 Å². The number of fused-ring (bicyclic) bond motifs is 1. The van der Waals surface area contributed by atoms with Crippen LogP contribution in [0.5, 0.6) is 11.5 Å². The van der Waals surface area contributed by atoms with Crippen molar-refractivity contribution in [3.63, 3.8) is 0 Å². The molecule has 1 aliphatic heterocycles. The SMILES string of the molecule is CC(C)(C)[S@](=O)N[C@]1(c2ccc(OC(F)(F)F)cc2F)CCOc2cccnc21. The fraction of sp³-hybridized carbons (Fsp3) is 0.421. The summed E-state index contributed by atoms with van der Waals surface area (Å²) in [5, 5.41) is 0. The van der Waals surface area contributed by atoms with E-state index in [2.05, 4.69) is 14.4 Å². The van der Waals surface area contributed by atoms with Crippen molar-refractivity contribution in [2.45, 2.75) is 43.8 Å². The third-order valence-corrected chi connectivity index (χ3v) is 6.01. The summed E-state index contributed by atoms with van der Waals surface area (Å²) in [6.07, 6.45) is -3.28. The molecule has 0 unspecified atom stereocenters. The fourth-order valence-corrected chi connectivity index (χ4v) is 3.96. The Bertz CT molecular complexity index is 930. The van der Waals surface area contributed by atoms with Gasteiger partial charge in [-0.15, -0.1) is 13.2 Å². The van der Waals surface area contributed by atoms with Gasteiger partial charge in [-0.2, -0.15) is 0 Å². The zero-order valence-corrected chi connectivity index (χ0v) is 16.8. The molecule has 0 saturated heterocycles. The predicted octanol–water partition coefficient (Wildman–Crippen LogP) is 4.20. The van der Waals surface area contributed by atoms with Crippen LogP contribution in [0.4, 0.5) is 17.6 Å². The zero-order chi connectivity index (χ0) is 21.4. The third kappa shape index (κ3) is 4.53. The first-order valence-electron chi connectivity index (χ1n) is 8.76. The Kier molecular flexibility index (Phi) is 5.61. The molecule has 2 aromatic rings. The van der Waals surface area contributed by atoms with E-state index in [0.717, 1.165) is 6.07 Å². The van der Waals surface area contributed by atoms with Crippen LogP contribution in [0.1, 0.15) is 38.4 Å². The largest absolute Gasteiger partial charge is 0.573 e. The van der Waals surface area contributed by atoms with Crippen molar-refractivity contribution < 1.29 is 31.2 Å². The molecule has 0 spiro atoms. The van der Waals surface area contributed by atoms with E-state index in [-0.39, 0.29) is 18.6 Å². The molecule has 158 valence electrons. The first-order valence-corrected chi connectivity index (χ1v) is 9.91. The lowest BCUT2D eigenvalue weighted by molar-refractivity contribution is -0.274. The lowest BCUT2D eigenvalue weighted by Gasteiger charge is -2.40.